The molecule has 1 heterocycles. The van der Waals surface area contributed by atoms with Crippen molar-refractivity contribution in [1.29, 1.82) is 0 Å². The molecule has 108 valence electrons. The van der Waals surface area contributed by atoms with E-state index in [2.05, 4.69) is 4.90 Å². The Balaban J connectivity index is 0.00000180. The fraction of sp³-hybridized carbons (Fsp3) is 0.571. The Morgan fingerprint density at radius 1 is 1.42 bits per heavy atom. The highest BCUT2D eigenvalue weighted by atomic mass is 35.5. The summed E-state index contributed by atoms with van der Waals surface area (Å²) in [5, 5.41) is 0. The van der Waals surface area contributed by atoms with Crippen LogP contribution < -0.4 is 10.5 Å². The van der Waals surface area contributed by atoms with Crippen LogP contribution in [0.4, 0.5) is 4.39 Å². The highest BCUT2D eigenvalue weighted by molar-refractivity contribution is 5.85. The molecular weight excluding hydrogens is 267 g/mol. The number of benzene rings is 1. The van der Waals surface area contributed by atoms with Crippen molar-refractivity contribution in [2.24, 2.45) is 5.73 Å². The molecule has 0 spiro atoms. The zero-order valence-electron chi connectivity index (χ0n) is 11.3. The van der Waals surface area contributed by atoms with Crippen molar-refractivity contribution in [3.05, 3.63) is 29.6 Å². The predicted molar refractivity (Wildman–Crippen MR) is 77.3 cm³/mol. The Morgan fingerprint density at radius 3 is 2.84 bits per heavy atom. The number of likely N-dealkylation sites (tertiary alicyclic amines) is 1. The number of nitrogens with zero attached hydrogens (tertiary/aromatic N) is 1. The van der Waals surface area contributed by atoms with Gasteiger partial charge in [-0.25, -0.2) is 4.39 Å². The first-order valence-corrected chi connectivity index (χ1v) is 6.51. The van der Waals surface area contributed by atoms with Gasteiger partial charge in [0.2, 0.25) is 0 Å². The zero-order valence-corrected chi connectivity index (χ0v) is 12.1. The van der Waals surface area contributed by atoms with Crippen LogP contribution in [-0.4, -0.2) is 31.1 Å². The molecule has 0 aliphatic carbocycles. The van der Waals surface area contributed by atoms with E-state index in [0.29, 0.717) is 18.3 Å². The van der Waals surface area contributed by atoms with Gasteiger partial charge in [-0.15, -0.1) is 12.4 Å². The summed E-state index contributed by atoms with van der Waals surface area (Å²) in [5.74, 6) is 0.00377. The molecule has 0 aromatic heterocycles. The first-order chi connectivity index (χ1) is 8.74. The molecule has 2 N–H and O–H groups in total. The van der Waals surface area contributed by atoms with E-state index in [4.69, 9.17) is 10.5 Å². The van der Waals surface area contributed by atoms with Crippen molar-refractivity contribution in [2.75, 3.05) is 20.2 Å². The van der Waals surface area contributed by atoms with Crippen LogP contribution in [0.3, 0.4) is 0 Å². The lowest BCUT2D eigenvalue weighted by molar-refractivity contribution is 0.144. The van der Waals surface area contributed by atoms with Gasteiger partial charge in [0, 0.05) is 19.1 Å². The van der Waals surface area contributed by atoms with Crippen LogP contribution in [0.5, 0.6) is 5.75 Å². The summed E-state index contributed by atoms with van der Waals surface area (Å²) < 4.78 is 18.5. The van der Waals surface area contributed by atoms with E-state index in [1.807, 2.05) is 6.07 Å². The average molecular weight is 289 g/mol. The van der Waals surface area contributed by atoms with Gasteiger partial charge in [-0.1, -0.05) is 12.5 Å². The second-order valence-corrected chi connectivity index (χ2v) is 4.82. The molecule has 2 rings (SSSR count). The molecule has 3 nitrogen and oxygen atoms in total. The molecule has 1 aromatic rings. The monoisotopic (exact) mass is 288 g/mol. The van der Waals surface area contributed by atoms with Gasteiger partial charge in [-0.05, 0) is 37.1 Å². The fourth-order valence-corrected chi connectivity index (χ4v) is 2.58. The molecule has 0 amide bonds. The highest BCUT2D eigenvalue weighted by Crippen LogP contribution is 2.22. The average Bonchev–Trinajstić information content (AvgIpc) is 2.39. The summed E-state index contributed by atoms with van der Waals surface area (Å²) >= 11 is 0. The van der Waals surface area contributed by atoms with E-state index in [1.165, 1.54) is 20.0 Å². The standard InChI is InChI=1S/C14H21FN2O.ClH/c1-18-14-6-5-11(8-13(14)15)10-17-7-3-2-4-12(17)9-16;/h5-6,8,12H,2-4,7,9-10,16H2,1H3;1H. The Labute approximate surface area is 120 Å². The summed E-state index contributed by atoms with van der Waals surface area (Å²) in [4.78, 5) is 2.35. The van der Waals surface area contributed by atoms with Crippen LogP contribution >= 0.6 is 12.4 Å². The van der Waals surface area contributed by atoms with Crippen LogP contribution in [0.25, 0.3) is 0 Å². The summed E-state index contributed by atoms with van der Waals surface area (Å²) in [6.07, 6.45) is 3.60. The summed E-state index contributed by atoms with van der Waals surface area (Å²) in [7, 11) is 1.48. The van der Waals surface area contributed by atoms with E-state index in [1.54, 1.807) is 12.1 Å². The third-order valence-corrected chi connectivity index (χ3v) is 3.62. The first kappa shape index (κ1) is 16.2. The maximum atomic E-state index is 13.6. The fourth-order valence-electron chi connectivity index (χ4n) is 2.58. The Kier molecular flexibility index (Phi) is 6.55. The molecule has 5 heteroatoms. The molecule has 19 heavy (non-hydrogen) atoms. The topological polar surface area (TPSA) is 38.5 Å². The Bertz CT molecular complexity index is 403. The molecule has 1 aliphatic rings. The number of methoxy groups -OCH3 is 1. The number of nitrogens with two attached hydrogens (primary N) is 1. The Hall–Kier alpha value is -0.840. The minimum Gasteiger partial charge on any atom is -0.494 e. The summed E-state index contributed by atoms with van der Waals surface area (Å²) in [6.45, 7) is 2.50. The van der Waals surface area contributed by atoms with Crippen molar-refractivity contribution in [1.82, 2.24) is 4.90 Å². The number of ether oxygens (including phenoxy) is 1. The van der Waals surface area contributed by atoms with Gasteiger partial charge < -0.3 is 10.5 Å². The molecule has 0 saturated carbocycles. The van der Waals surface area contributed by atoms with Gasteiger partial charge in [0.15, 0.2) is 11.6 Å². The lowest BCUT2D eigenvalue weighted by Gasteiger charge is -2.35. The van der Waals surface area contributed by atoms with Crippen molar-refractivity contribution in [2.45, 2.75) is 31.8 Å². The van der Waals surface area contributed by atoms with Crippen molar-refractivity contribution in [3.8, 4) is 5.75 Å². The molecule has 1 saturated heterocycles. The number of rotatable bonds is 4. The van der Waals surface area contributed by atoms with Gasteiger partial charge in [0.05, 0.1) is 7.11 Å². The molecule has 1 aliphatic heterocycles. The lowest BCUT2D eigenvalue weighted by Crippen LogP contribution is -2.43. The van der Waals surface area contributed by atoms with Crippen LogP contribution in [0.1, 0.15) is 24.8 Å². The number of hydrogen-bond donors (Lipinski definition) is 1. The van der Waals surface area contributed by atoms with Crippen LogP contribution in [-0.2, 0) is 6.54 Å². The number of piperidine rings is 1. The molecule has 1 unspecified atom stereocenters. The second kappa shape index (κ2) is 7.68. The smallest absolute Gasteiger partial charge is 0.165 e. The second-order valence-electron chi connectivity index (χ2n) is 4.82. The van der Waals surface area contributed by atoms with E-state index < -0.39 is 0 Å². The van der Waals surface area contributed by atoms with Crippen molar-refractivity contribution in [3.63, 3.8) is 0 Å². The van der Waals surface area contributed by atoms with Crippen molar-refractivity contribution < 1.29 is 9.13 Å². The molecule has 1 fully saturated rings. The molecule has 1 atom stereocenters. The third-order valence-electron chi connectivity index (χ3n) is 3.62. The maximum absolute atomic E-state index is 13.6. The van der Waals surface area contributed by atoms with Crippen molar-refractivity contribution >= 4 is 12.4 Å². The third kappa shape index (κ3) is 4.06. The van der Waals surface area contributed by atoms with Gasteiger partial charge in [-0.2, -0.15) is 0 Å². The highest BCUT2D eigenvalue weighted by Gasteiger charge is 2.21. The van der Waals surface area contributed by atoms with Crippen LogP contribution in [0.15, 0.2) is 18.2 Å². The first-order valence-electron chi connectivity index (χ1n) is 6.51. The molecule has 0 bridgehead atoms. The van der Waals surface area contributed by atoms with Crippen LogP contribution in [0, 0.1) is 5.82 Å². The largest absolute Gasteiger partial charge is 0.494 e. The zero-order chi connectivity index (χ0) is 13.0. The SMILES string of the molecule is COc1ccc(CN2CCCCC2CN)cc1F.Cl. The van der Waals surface area contributed by atoms with E-state index >= 15 is 0 Å². The summed E-state index contributed by atoms with van der Waals surface area (Å²) in [6, 6.07) is 5.60. The van der Waals surface area contributed by atoms with E-state index in [9.17, 15) is 4.39 Å². The molecule has 1 aromatic carbocycles. The molecular formula is C14H22ClFN2O. The normalized spacial score (nSPS) is 19.8. The Morgan fingerprint density at radius 2 is 2.21 bits per heavy atom. The van der Waals surface area contributed by atoms with Gasteiger partial charge in [0.25, 0.3) is 0 Å². The minimum atomic E-state index is -0.295. The van der Waals surface area contributed by atoms with Crippen LogP contribution in [0.2, 0.25) is 0 Å². The predicted octanol–water partition coefficient (Wildman–Crippen LogP) is 2.57. The lowest BCUT2D eigenvalue weighted by atomic mass is 10.0. The summed E-state index contributed by atoms with van der Waals surface area (Å²) in [5.41, 5.74) is 6.77. The maximum Gasteiger partial charge on any atom is 0.165 e. The number of hydrogen-bond acceptors (Lipinski definition) is 3. The van der Waals surface area contributed by atoms with Gasteiger partial charge >= 0.3 is 0 Å². The van der Waals surface area contributed by atoms with Gasteiger partial charge in [0.1, 0.15) is 0 Å². The van der Waals surface area contributed by atoms with E-state index in [-0.39, 0.29) is 18.2 Å². The van der Waals surface area contributed by atoms with E-state index in [0.717, 1.165) is 25.1 Å². The minimum absolute atomic E-state index is 0. The quantitative estimate of drug-likeness (QED) is 0.925. The van der Waals surface area contributed by atoms with Gasteiger partial charge in [-0.3, -0.25) is 4.90 Å². The molecule has 0 radical (unpaired) electrons. The number of halogens is 2.